The Kier molecular flexibility index (Phi) is 5.74. The number of amides is 1. The zero-order chi connectivity index (χ0) is 18.5. The van der Waals surface area contributed by atoms with Gasteiger partial charge in [-0.25, -0.2) is 4.68 Å². The first-order chi connectivity index (χ1) is 12.5. The van der Waals surface area contributed by atoms with Crippen molar-refractivity contribution in [1.29, 1.82) is 0 Å². The van der Waals surface area contributed by atoms with Crippen molar-refractivity contribution in [2.75, 3.05) is 6.54 Å². The largest absolute Gasteiger partial charge is 0.355 e. The number of carbonyl (C=O) groups is 1. The highest BCUT2D eigenvalue weighted by Gasteiger charge is 2.15. The van der Waals surface area contributed by atoms with Crippen LogP contribution in [0, 0.1) is 13.8 Å². The van der Waals surface area contributed by atoms with E-state index in [-0.39, 0.29) is 5.91 Å². The average Bonchev–Trinajstić information content (AvgIpc) is 2.91. The minimum absolute atomic E-state index is 0.00541. The third kappa shape index (κ3) is 4.33. The monoisotopic (exact) mass is 367 g/mol. The summed E-state index contributed by atoms with van der Waals surface area (Å²) >= 11 is 5.98. The van der Waals surface area contributed by atoms with Crippen molar-refractivity contribution in [3.8, 4) is 5.69 Å². The number of hydrogen-bond acceptors (Lipinski definition) is 2. The van der Waals surface area contributed by atoms with Crippen molar-refractivity contribution >= 4 is 17.5 Å². The second kappa shape index (κ2) is 8.19. The molecule has 2 aromatic carbocycles. The molecule has 1 amide bonds. The van der Waals surface area contributed by atoms with Gasteiger partial charge in [-0.05, 0) is 50.1 Å². The minimum atomic E-state index is 0.00541. The number of aryl methyl sites for hydroxylation is 1. The van der Waals surface area contributed by atoms with Gasteiger partial charge in [0.1, 0.15) is 0 Å². The first-order valence-electron chi connectivity index (χ1n) is 8.66. The van der Waals surface area contributed by atoms with Gasteiger partial charge < -0.3 is 5.32 Å². The van der Waals surface area contributed by atoms with Crippen LogP contribution >= 0.6 is 11.6 Å². The zero-order valence-electron chi connectivity index (χ0n) is 15.0. The molecule has 0 aliphatic heterocycles. The Balaban J connectivity index is 1.62. The Morgan fingerprint density at radius 1 is 1.12 bits per heavy atom. The molecule has 0 aliphatic rings. The van der Waals surface area contributed by atoms with Gasteiger partial charge in [0, 0.05) is 22.8 Å². The lowest BCUT2D eigenvalue weighted by Gasteiger charge is -2.07. The molecule has 0 radical (unpaired) electrons. The van der Waals surface area contributed by atoms with E-state index in [9.17, 15) is 4.79 Å². The molecule has 0 bridgehead atoms. The van der Waals surface area contributed by atoms with Crippen molar-refractivity contribution in [1.82, 2.24) is 15.1 Å². The van der Waals surface area contributed by atoms with Crippen LogP contribution in [0.15, 0.2) is 54.6 Å². The van der Waals surface area contributed by atoms with Crippen molar-refractivity contribution in [3.05, 3.63) is 82.1 Å². The van der Waals surface area contributed by atoms with Gasteiger partial charge in [-0.3, -0.25) is 4.79 Å². The lowest BCUT2D eigenvalue weighted by atomic mass is 10.1. The van der Waals surface area contributed by atoms with Crippen LogP contribution in [0.2, 0.25) is 5.02 Å². The van der Waals surface area contributed by atoms with Crippen molar-refractivity contribution in [3.63, 3.8) is 0 Å². The summed E-state index contributed by atoms with van der Waals surface area (Å²) in [6.45, 7) is 4.53. The lowest BCUT2D eigenvalue weighted by Crippen LogP contribution is -2.27. The topological polar surface area (TPSA) is 46.9 Å². The molecule has 0 fully saturated rings. The van der Waals surface area contributed by atoms with Gasteiger partial charge in [-0.2, -0.15) is 5.10 Å². The number of para-hydroxylation sites is 1. The molecule has 1 aromatic heterocycles. The third-order valence-corrected chi connectivity index (χ3v) is 4.64. The first kappa shape index (κ1) is 18.2. The fourth-order valence-electron chi connectivity index (χ4n) is 3.01. The van der Waals surface area contributed by atoms with E-state index in [2.05, 4.69) is 10.4 Å². The summed E-state index contributed by atoms with van der Waals surface area (Å²) in [4.78, 5) is 12.3. The van der Waals surface area contributed by atoms with Gasteiger partial charge in [-0.15, -0.1) is 0 Å². The summed E-state index contributed by atoms with van der Waals surface area (Å²) in [7, 11) is 0. The van der Waals surface area contributed by atoms with Gasteiger partial charge in [0.05, 0.1) is 17.8 Å². The normalized spacial score (nSPS) is 10.7. The summed E-state index contributed by atoms with van der Waals surface area (Å²) in [6, 6.07) is 17.7. The van der Waals surface area contributed by atoms with E-state index < -0.39 is 0 Å². The van der Waals surface area contributed by atoms with Gasteiger partial charge in [-0.1, -0.05) is 41.9 Å². The van der Waals surface area contributed by atoms with Crippen LogP contribution in [0.3, 0.4) is 0 Å². The quantitative estimate of drug-likeness (QED) is 0.714. The highest BCUT2D eigenvalue weighted by molar-refractivity contribution is 6.30. The molecular formula is C21H22ClN3O. The van der Waals surface area contributed by atoms with Crippen LogP contribution in [-0.4, -0.2) is 22.2 Å². The standard InChI is InChI=1S/C21H22ClN3O/c1-15-20(16(2)25(24-15)19-9-4-3-5-10-19)14-21(26)23-12-11-17-7-6-8-18(22)13-17/h3-10,13H,11-12,14H2,1-2H3,(H,23,26). The number of nitrogens with one attached hydrogen (secondary N) is 1. The Labute approximate surface area is 158 Å². The van der Waals surface area contributed by atoms with Crippen molar-refractivity contribution in [2.24, 2.45) is 0 Å². The van der Waals surface area contributed by atoms with E-state index in [1.165, 1.54) is 0 Å². The predicted molar refractivity (Wildman–Crippen MR) is 105 cm³/mol. The molecule has 0 unspecified atom stereocenters. The fraction of sp³-hybridized carbons (Fsp3) is 0.238. The molecule has 1 N–H and O–H groups in total. The number of rotatable bonds is 6. The molecular weight excluding hydrogens is 346 g/mol. The molecule has 0 saturated heterocycles. The van der Waals surface area contributed by atoms with Crippen LogP contribution in [0.4, 0.5) is 0 Å². The molecule has 0 spiro atoms. The number of benzene rings is 2. The predicted octanol–water partition coefficient (Wildman–Crippen LogP) is 4.04. The maximum absolute atomic E-state index is 12.3. The summed E-state index contributed by atoms with van der Waals surface area (Å²) in [5, 5.41) is 8.29. The average molecular weight is 368 g/mol. The maximum Gasteiger partial charge on any atom is 0.224 e. The molecule has 3 aromatic rings. The molecule has 5 heteroatoms. The third-order valence-electron chi connectivity index (χ3n) is 4.40. The van der Waals surface area contributed by atoms with Crippen LogP contribution in [0.5, 0.6) is 0 Å². The number of hydrogen-bond donors (Lipinski definition) is 1. The number of halogens is 1. The minimum Gasteiger partial charge on any atom is -0.355 e. The van der Waals surface area contributed by atoms with E-state index in [4.69, 9.17) is 11.6 Å². The second-order valence-corrected chi connectivity index (χ2v) is 6.74. The number of nitrogens with zero attached hydrogens (tertiary/aromatic N) is 2. The van der Waals surface area contributed by atoms with Crippen LogP contribution in [0.25, 0.3) is 5.69 Å². The van der Waals surface area contributed by atoms with Gasteiger partial charge in [0.15, 0.2) is 0 Å². The van der Waals surface area contributed by atoms with Gasteiger partial charge in [0.25, 0.3) is 0 Å². The zero-order valence-corrected chi connectivity index (χ0v) is 15.8. The summed E-state index contributed by atoms with van der Waals surface area (Å²) in [6.07, 6.45) is 1.09. The number of carbonyl (C=O) groups excluding carboxylic acids is 1. The van der Waals surface area contributed by atoms with Crippen LogP contribution in [-0.2, 0) is 17.6 Å². The van der Waals surface area contributed by atoms with Crippen LogP contribution < -0.4 is 5.32 Å². The highest BCUT2D eigenvalue weighted by Crippen LogP contribution is 2.18. The van der Waals surface area contributed by atoms with Crippen LogP contribution in [0.1, 0.15) is 22.5 Å². The maximum atomic E-state index is 12.3. The molecule has 1 heterocycles. The fourth-order valence-corrected chi connectivity index (χ4v) is 3.23. The molecule has 3 rings (SSSR count). The summed E-state index contributed by atoms with van der Waals surface area (Å²) < 4.78 is 1.89. The molecule has 0 aliphatic carbocycles. The van der Waals surface area contributed by atoms with E-state index in [1.807, 2.05) is 73.1 Å². The SMILES string of the molecule is Cc1nn(-c2ccccc2)c(C)c1CC(=O)NCCc1cccc(Cl)c1. The van der Waals surface area contributed by atoms with Gasteiger partial charge >= 0.3 is 0 Å². The van der Waals surface area contributed by atoms with Gasteiger partial charge in [0.2, 0.25) is 5.91 Å². The molecule has 134 valence electrons. The highest BCUT2D eigenvalue weighted by atomic mass is 35.5. The summed E-state index contributed by atoms with van der Waals surface area (Å²) in [5.74, 6) is 0.00541. The molecule has 4 nitrogen and oxygen atoms in total. The van der Waals surface area contributed by atoms with E-state index in [0.29, 0.717) is 18.0 Å². The Bertz CT molecular complexity index is 903. The smallest absolute Gasteiger partial charge is 0.224 e. The number of aromatic nitrogens is 2. The van der Waals surface area contributed by atoms with Crippen molar-refractivity contribution in [2.45, 2.75) is 26.7 Å². The Hall–Kier alpha value is -2.59. The Morgan fingerprint density at radius 3 is 2.62 bits per heavy atom. The lowest BCUT2D eigenvalue weighted by molar-refractivity contribution is -0.120. The molecule has 26 heavy (non-hydrogen) atoms. The van der Waals surface area contributed by atoms with E-state index in [1.54, 1.807) is 0 Å². The summed E-state index contributed by atoms with van der Waals surface area (Å²) in [5.41, 5.74) is 4.98. The Morgan fingerprint density at radius 2 is 1.88 bits per heavy atom. The second-order valence-electron chi connectivity index (χ2n) is 6.30. The van der Waals surface area contributed by atoms with E-state index >= 15 is 0 Å². The van der Waals surface area contributed by atoms with E-state index in [0.717, 1.165) is 34.6 Å². The van der Waals surface area contributed by atoms with Crippen molar-refractivity contribution < 1.29 is 4.79 Å². The molecule has 0 saturated carbocycles. The first-order valence-corrected chi connectivity index (χ1v) is 9.04. The molecule has 0 atom stereocenters.